The number of fused-ring (bicyclic) bond motifs is 1. The number of hydrogen-bond acceptors (Lipinski definition) is 4. The van der Waals surface area contributed by atoms with E-state index in [1.807, 2.05) is 31.2 Å². The summed E-state index contributed by atoms with van der Waals surface area (Å²) < 4.78 is 0. The molecule has 0 bridgehead atoms. The van der Waals surface area contributed by atoms with Crippen LogP contribution in [0.2, 0.25) is 0 Å². The maximum Gasteiger partial charge on any atom is 0.325 e. The Morgan fingerprint density at radius 2 is 1.95 bits per heavy atom. The number of urea groups is 1. The van der Waals surface area contributed by atoms with Crippen LogP contribution in [0.25, 0.3) is 0 Å². The molecule has 2 amide bonds. The van der Waals surface area contributed by atoms with Gasteiger partial charge < -0.3 is 11.1 Å². The van der Waals surface area contributed by atoms with Gasteiger partial charge in [0.15, 0.2) is 5.13 Å². The number of benzene rings is 1. The summed E-state index contributed by atoms with van der Waals surface area (Å²) in [7, 11) is 0. The van der Waals surface area contributed by atoms with E-state index >= 15 is 0 Å². The summed E-state index contributed by atoms with van der Waals surface area (Å²) in [6, 6.07) is 7.27. The number of aryl methyl sites for hydroxylation is 2. The van der Waals surface area contributed by atoms with E-state index in [2.05, 4.69) is 15.6 Å². The Kier molecular flexibility index (Phi) is 4.40. The smallest absolute Gasteiger partial charge is 0.324 e. The highest BCUT2D eigenvalue weighted by Crippen LogP contribution is 2.29. The second-order valence-electron chi connectivity index (χ2n) is 5.59. The number of amides is 2. The molecule has 5 nitrogen and oxygen atoms in total. The van der Waals surface area contributed by atoms with Crippen molar-refractivity contribution in [1.29, 1.82) is 0 Å². The number of hydrogen-bond donors (Lipinski definition) is 3. The van der Waals surface area contributed by atoms with Crippen LogP contribution in [0.15, 0.2) is 24.3 Å². The Morgan fingerprint density at radius 3 is 2.64 bits per heavy atom. The van der Waals surface area contributed by atoms with E-state index in [-0.39, 0.29) is 12.1 Å². The van der Waals surface area contributed by atoms with E-state index < -0.39 is 0 Å². The van der Waals surface area contributed by atoms with E-state index in [9.17, 15) is 4.79 Å². The molecule has 1 atom stereocenters. The SMILES string of the molecule is CC(N)c1ccc(NC(=O)Nc2nc3c(s2)CCCC3)cc1. The topological polar surface area (TPSA) is 80.0 Å². The number of anilines is 2. The first-order valence-electron chi connectivity index (χ1n) is 7.54. The molecule has 0 fully saturated rings. The summed E-state index contributed by atoms with van der Waals surface area (Å²) in [4.78, 5) is 17.8. The fraction of sp³-hybridized carbons (Fsp3) is 0.375. The van der Waals surface area contributed by atoms with Crippen molar-refractivity contribution in [3.63, 3.8) is 0 Å². The highest BCUT2D eigenvalue weighted by atomic mass is 32.1. The van der Waals surface area contributed by atoms with Crippen LogP contribution >= 0.6 is 11.3 Å². The van der Waals surface area contributed by atoms with Gasteiger partial charge in [0.2, 0.25) is 0 Å². The zero-order valence-electron chi connectivity index (χ0n) is 12.6. The monoisotopic (exact) mass is 316 g/mol. The van der Waals surface area contributed by atoms with Gasteiger partial charge in [0.25, 0.3) is 0 Å². The molecule has 0 saturated carbocycles. The van der Waals surface area contributed by atoms with Crippen molar-refractivity contribution in [1.82, 2.24) is 4.98 Å². The number of rotatable bonds is 3. The van der Waals surface area contributed by atoms with E-state index in [4.69, 9.17) is 5.73 Å². The number of carbonyl (C=O) groups is 1. The maximum absolute atomic E-state index is 12.0. The maximum atomic E-state index is 12.0. The van der Waals surface area contributed by atoms with Gasteiger partial charge in [0.05, 0.1) is 5.69 Å². The minimum Gasteiger partial charge on any atom is -0.324 e. The predicted molar refractivity (Wildman–Crippen MR) is 90.4 cm³/mol. The van der Waals surface area contributed by atoms with Gasteiger partial charge in [-0.3, -0.25) is 5.32 Å². The van der Waals surface area contributed by atoms with Gasteiger partial charge in [0.1, 0.15) is 0 Å². The molecule has 1 heterocycles. The Labute approximate surface area is 133 Å². The number of nitrogens with one attached hydrogen (secondary N) is 2. The third kappa shape index (κ3) is 3.45. The van der Waals surface area contributed by atoms with Crippen LogP contribution in [0, 0.1) is 0 Å². The Balaban J connectivity index is 1.61. The average molecular weight is 316 g/mol. The molecular weight excluding hydrogens is 296 g/mol. The van der Waals surface area contributed by atoms with E-state index in [1.54, 1.807) is 11.3 Å². The van der Waals surface area contributed by atoms with Crippen LogP contribution in [0.3, 0.4) is 0 Å². The van der Waals surface area contributed by atoms with Crippen LogP contribution in [0.1, 0.15) is 41.9 Å². The van der Waals surface area contributed by atoms with Crippen molar-refractivity contribution in [3.05, 3.63) is 40.4 Å². The Hall–Kier alpha value is -1.92. The van der Waals surface area contributed by atoms with Crippen molar-refractivity contribution in [2.24, 2.45) is 5.73 Å². The molecule has 6 heteroatoms. The lowest BCUT2D eigenvalue weighted by Crippen LogP contribution is -2.19. The lowest BCUT2D eigenvalue weighted by Gasteiger charge is -2.08. The molecule has 1 aromatic carbocycles. The highest BCUT2D eigenvalue weighted by molar-refractivity contribution is 7.15. The van der Waals surface area contributed by atoms with Gasteiger partial charge in [-0.05, 0) is 50.3 Å². The van der Waals surface area contributed by atoms with E-state index in [1.165, 1.54) is 17.7 Å². The Bertz CT molecular complexity index is 640. The Morgan fingerprint density at radius 1 is 1.23 bits per heavy atom. The van der Waals surface area contributed by atoms with E-state index in [0.717, 1.165) is 29.8 Å². The number of thiazole rings is 1. The van der Waals surface area contributed by atoms with Gasteiger partial charge in [-0.25, -0.2) is 9.78 Å². The first-order chi connectivity index (χ1) is 10.6. The molecule has 1 unspecified atom stereocenters. The third-order valence-electron chi connectivity index (χ3n) is 3.76. The normalized spacial score (nSPS) is 15.0. The van der Waals surface area contributed by atoms with Crippen LogP contribution in [-0.2, 0) is 12.8 Å². The lowest BCUT2D eigenvalue weighted by atomic mass is 10.0. The zero-order chi connectivity index (χ0) is 15.5. The van der Waals surface area contributed by atoms with Crippen molar-refractivity contribution >= 4 is 28.2 Å². The molecule has 1 aliphatic carbocycles. The highest BCUT2D eigenvalue weighted by Gasteiger charge is 2.16. The third-order valence-corrected chi connectivity index (χ3v) is 4.83. The molecule has 1 aromatic heterocycles. The van der Waals surface area contributed by atoms with Crippen LogP contribution in [0.5, 0.6) is 0 Å². The van der Waals surface area contributed by atoms with Crippen molar-refractivity contribution in [2.45, 2.75) is 38.6 Å². The quantitative estimate of drug-likeness (QED) is 0.808. The second kappa shape index (κ2) is 6.46. The van der Waals surface area contributed by atoms with Crippen molar-refractivity contribution in [3.8, 4) is 0 Å². The molecule has 3 rings (SSSR count). The molecule has 2 aromatic rings. The van der Waals surface area contributed by atoms with Gasteiger partial charge in [-0.2, -0.15) is 0 Å². The minimum atomic E-state index is -0.264. The molecule has 116 valence electrons. The fourth-order valence-electron chi connectivity index (χ4n) is 2.53. The van der Waals surface area contributed by atoms with E-state index in [0.29, 0.717) is 5.13 Å². The average Bonchev–Trinajstić information content (AvgIpc) is 2.89. The second-order valence-corrected chi connectivity index (χ2v) is 6.67. The first-order valence-corrected chi connectivity index (χ1v) is 8.35. The summed E-state index contributed by atoms with van der Waals surface area (Å²) in [5.41, 5.74) is 8.73. The van der Waals surface area contributed by atoms with Crippen LogP contribution in [-0.4, -0.2) is 11.0 Å². The molecule has 0 saturated heterocycles. The summed E-state index contributed by atoms with van der Waals surface area (Å²) in [5, 5.41) is 6.31. The first kappa shape index (κ1) is 15.0. The summed E-state index contributed by atoms with van der Waals surface area (Å²) >= 11 is 1.58. The van der Waals surface area contributed by atoms with Crippen molar-refractivity contribution < 1.29 is 4.79 Å². The largest absolute Gasteiger partial charge is 0.325 e. The summed E-state index contributed by atoms with van der Waals surface area (Å²) in [6.45, 7) is 1.93. The van der Waals surface area contributed by atoms with Crippen LogP contribution in [0.4, 0.5) is 15.6 Å². The molecule has 4 N–H and O–H groups in total. The molecule has 0 radical (unpaired) electrons. The molecule has 1 aliphatic rings. The standard InChI is InChI=1S/C16H20N4OS/c1-10(17)11-6-8-12(9-7-11)18-15(21)20-16-19-13-4-2-3-5-14(13)22-16/h6-10H,2-5,17H2,1H3,(H2,18,19,20,21). The van der Waals surface area contributed by atoms with Gasteiger partial charge >= 0.3 is 6.03 Å². The summed E-state index contributed by atoms with van der Waals surface area (Å²) in [5.74, 6) is 0. The zero-order valence-corrected chi connectivity index (χ0v) is 13.4. The lowest BCUT2D eigenvalue weighted by molar-refractivity contribution is 0.262. The van der Waals surface area contributed by atoms with Crippen molar-refractivity contribution in [2.75, 3.05) is 10.6 Å². The van der Waals surface area contributed by atoms with Gasteiger partial charge in [-0.1, -0.05) is 12.1 Å². The van der Waals surface area contributed by atoms with Crippen LogP contribution < -0.4 is 16.4 Å². The minimum absolute atomic E-state index is 0.00971. The predicted octanol–water partition coefficient (Wildman–Crippen LogP) is 3.69. The number of aromatic nitrogens is 1. The van der Waals surface area contributed by atoms with Gasteiger partial charge in [-0.15, -0.1) is 11.3 Å². The molecule has 0 spiro atoms. The fourth-order valence-corrected chi connectivity index (χ4v) is 3.58. The molecule has 22 heavy (non-hydrogen) atoms. The number of nitrogens with two attached hydrogens (primary N) is 1. The molecular formula is C16H20N4OS. The summed E-state index contributed by atoms with van der Waals surface area (Å²) in [6.07, 6.45) is 4.50. The molecule has 0 aliphatic heterocycles. The number of carbonyl (C=O) groups excluding carboxylic acids is 1. The number of nitrogens with zero attached hydrogens (tertiary/aromatic N) is 1. The van der Waals surface area contributed by atoms with Gasteiger partial charge in [0, 0.05) is 16.6 Å².